The van der Waals surface area contributed by atoms with Crippen LogP contribution in [0.1, 0.15) is 31.7 Å². The monoisotopic (exact) mass is 349 g/mol. The molecule has 5 nitrogen and oxygen atoms in total. The molecule has 0 amide bonds. The summed E-state index contributed by atoms with van der Waals surface area (Å²) >= 11 is 0. The molecule has 1 N–H and O–H groups in total. The van der Waals surface area contributed by atoms with Crippen LogP contribution in [0.5, 0.6) is 11.5 Å². The largest absolute Gasteiger partial charge is 0.497 e. The number of hydrogen-bond acceptors (Lipinski definition) is 4. The number of hydrogen-bond donors (Lipinski definition) is 1. The zero-order valence-electron chi connectivity index (χ0n) is 14.4. The van der Waals surface area contributed by atoms with Gasteiger partial charge in [0.1, 0.15) is 11.5 Å². The molecule has 6 heteroatoms. The molecule has 1 atom stereocenters. The molecule has 0 bridgehead atoms. The third-order valence-electron chi connectivity index (χ3n) is 3.98. The van der Waals surface area contributed by atoms with E-state index in [0.29, 0.717) is 23.1 Å². The highest BCUT2D eigenvalue weighted by Crippen LogP contribution is 2.28. The van der Waals surface area contributed by atoms with Crippen LogP contribution in [-0.4, -0.2) is 22.6 Å². The molecule has 0 radical (unpaired) electrons. The summed E-state index contributed by atoms with van der Waals surface area (Å²) in [5.74, 6) is 1.43. The number of nitrogens with one attached hydrogen (secondary N) is 1. The fourth-order valence-electron chi connectivity index (χ4n) is 2.29. The third-order valence-corrected chi connectivity index (χ3v) is 5.37. The predicted molar refractivity (Wildman–Crippen MR) is 95.5 cm³/mol. The van der Waals surface area contributed by atoms with Crippen LogP contribution in [-0.2, 0) is 10.0 Å². The van der Waals surface area contributed by atoms with E-state index >= 15 is 0 Å². The number of sulfonamides is 1. The maximum Gasteiger partial charge on any atom is 0.261 e. The molecule has 1 unspecified atom stereocenters. The Morgan fingerprint density at radius 3 is 2.00 bits per heavy atom. The van der Waals surface area contributed by atoms with Gasteiger partial charge in [-0.3, -0.25) is 4.72 Å². The number of ether oxygens (including phenoxy) is 2. The quantitative estimate of drug-likeness (QED) is 0.820. The molecule has 0 aromatic heterocycles. The first-order chi connectivity index (χ1) is 11.4. The van der Waals surface area contributed by atoms with Gasteiger partial charge in [0.05, 0.1) is 24.8 Å². The van der Waals surface area contributed by atoms with Crippen molar-refractivity contribution in [3.63, 3.8) is 0 Å². The van der Waals surface area contributed by atoms with Crippen LogP contribution in [0.3, 0.4) is 0 Å². The molecule has 2 aromatic rings. The maximum absolute atomic E-state index is 12.6. The molecule has 0 aliphatic carbocycles. The van der Waals surface area contributed by atoms with Crippen molar-refractivity contribution in [2.24, 2.45) is 0 Å². The summed E-state index contributed by atoms with van der Waals surface area (Å²) in [4.78, 5) is 0.219. The minimum absolute atomic E-state index is 0.219. The van der Waals surface area contributed by atoms with Crippen molar-refractivity contribution in [3.8, 4) is 11.5 Å². The average molecular weight is 349 g/mol. The van der Waals surface area contributed by atoms with Gasteiger partial charge in [0, 0.05) is 18.2 Å². The Morgan fingerprint density at radius 1 is 1.00 bits per heavy atom. The van der Waals surface area contributed by atoms with E-state index in [9.17, 15) is 8.42 Å². The van der Waals surface area contributed by atoms with Crippen LogP contribution in [0.2, 0.25) is 0 Å². The van der Waals surface area contributed by atoms with E-state index in [4.69, 9.17) is 9.47 Å². The number of anilines is 1. The molecular formula is C18H23NO4S. The highest BCUT2D eigenvalue weighted by atomic mass is 32.2. The summed E-state index contributed by atoms with van der Waals surface area (Å²) in [5, 5.41) is 0. The molecule has 2 aromatic carbocycles. The zero-order valence-corrected chi connectivity index (χ0v) is 15.2. The van der Waals surface area contributed by atoms with Crippen molar-refractivity contribution < 1.29 is 17.9 Å². The molecule has 0 saturated carbocycles. The van der Waals surface area contributed by atoms with Crippen molar-refractivity contribution >= 4 is 15.7 Å². The van der Waals surface area contributed by atoms with Gasteiger partial charge in [-0.25, -0.2) is 8.42 Å². The van der Waals surface area contributed by atoms with Gasteiger partial charge in [-0.05, 0) is 30.0 Å². The summed E-state index contributed by atoms with van der Waals surface area (Å²) in [5.41, 5.74) is 1.51. The summed E-state index contributed by atoms with van der Waals surface area (Å²) < 4.78 is 38.0. The van der Waals surface area contributed by atoms with E-state index in [1.807, 2.05) is 12.1 Å². The topological polar surface area (TPSA) is 64.6 Å². The van der Waals surface area contributed by atoms with E-state index in [0.717, 1.165) is 12.0 Å². The van der Waals surface area contributed by atoms with Gasteiger partial charge in [0.2, 0.25) is 0 Å². The first kappa shape index (κ1) is 18.1. The van der Waals surface area contributed by atoms with Gasteiger partial charge in [-0.15, -0.1) is 0 Å². The zero-order chi connectivity index (χ0) is 17.7. The highest BCUT2D eigenvalue weighted by Gasteiger charge is 2.16. The molecule has 0 fully saturated rings. The fourth-order valence-corrected chi connectivity index (χ4v) is 3.33. The van der Waals surface area contributed by atoms with E-state index in [-0.39, 0.29) is 4.90 Å². The number of rotatable bonds is 7. The second-order valence-corrected chi connectivity index (χ2v) is 7.27. The SMILES string of the molecule is CCC(C)c1ccc(S(=O)(=O)Nc2cc(OC)cc(OC)c2)cc1. The molecule has 0 heterocycles. The van der Waals surface area contributed by atoms with Gasteiger partial charge in [-0.1, -0.05) is 26.0 Å². The third kappa shape index (κ3) is 4.20. The van der Waals surface area contributed by atoms with Crippen LogP contribution in [0, 0.1) is 0 Å². The Kier molecular flexibility index (Phi) is 5.72. The van der Waals surface area contributed by atoms with Gasteiger partial charge in [0.25, 0.3) is 10.0 Å². The Morgan fingerprint density at radius 2 is 1.54 bits per heavy atom. The van der Waals surface area contributed by atoms with Crippen LogP contribution < -0.4 is 14.2 Å². The van der Waals surface area contributed by atoms with Crippen LogP contribution in [0.25, 0.3) is 0 Å². The van der Waals surface area contributed by atoms with Crippen molar-refractivity contribution in [3.05, 3.63) is 48.0 Å². The summed E-state index contributed by atoms with van der Waals surface area (Å²) in [6, 6.07) is 11.9. The second kappa shape index (κ2) is 7.57. The Labute approximate surface area is 143 Å². The molecular weight excluding hydrogens is 326 g/mol. The lowest BCUT2D eigenvalue weighted by Crippen LogP contribution is -2.13. The highest BCUT2D eigenvalue weighted by molar-refractivity contribution is 7.92. The lowest BCUT2D eigenvalue weighted by molar-refractivity contribution is 0.395. The van der Waals surface area contributed by atoms with Crippen LogP contribution in [0.15, 0.2) is 47.4 Å². The van der Waals surface area contributed by atoms with Gasteiger partial charge >= 0.3 is 0 Å². The van der Waals surface area contributed by atoms with Gasteiger partial charge < -0.3 is 9.47 Å². The van der Waals surface area contributed by atoms with Crippen molar-refractivity contribution in [2.75, 3.05) is 18.9 Å². The van der Waals surface area contributed by atoms with Crippen LogP contribution >= 0.6 is 0 Å². The lowest BCUT2D eigenvalue weighted by Gasteiger charge is -2.13. The Hall–Kier alpha value is -2.21. The lowest BCUT2D eigenvalue weighted by atomic mass is 9.99. The predicted octanol–water partition coefficient (Wildman–Crippen LogP) is 4.02. The van der Waals surface area contributed by atoms with Crippen molar-refractivity contribution in [2.45, 2.75) is 31.1 Å². The number of benzene rings is 2. The molecule has 0 aliphatic heterocycles. The van der Waals surface area contributed by atoms with Gasteiger partial charge in [0.15, 0.2) is 0 Å². The standard InChI is InChI=1S/C18H23NO4S/c1-5-13(2)14-6-8-18(9-7-14)24(20,21)19-15-10-16(22-3)12-17(11-15)23-4/h6-13,19H,5H2,1-4H3. The first-order valence-corrected chi connectivity index (χ1v) is 9.23. The van der Waals surface area contributed by atoms with Crippen molar-refractivity contribution in [1.29, 1.82) is 0 Å². The molecule has 130 valence electrons. The minimum atomic E-state index is -3.67. The first-order valence-electron chi connectivity index (χ1n) is 7.75. The van der Waals surface area contributed by atoms with Crippen LogP contribution in [0.4, 0.5) is 5.69 Å². The Balaban J connectivity index is 2.28. The van der Waals surface area contributed by atoms with Gasteiger partial charge in [-0.2, -0.15) is 0 Å². The molecule has 2 rings (SSSR count). The Bertz CT molecular complexity index is 763. The molecule has 24 heavy (non-hydrogen) atoms. The van der Waals surface area contributed by atoms with E-state index in [1.165, 1.54) is 14.2 Å². The molecule has 0 saturated heterocycles. The van der Waals surface area contributed by atoms with Crippen molar-refractivity contribution in [1.82, 2.24) is 0 Å². The molecule has 0 aliphatic rings. The second-order valence-electron chi connectivity index (χ2n) is 5.59. The minimum Gasteiger partial charge on any atom is -0.497 e. The summed E-state index contributed by atoms with van der Waals surface area (Å²) in [6.45, 7) is 4.22. The van der Waals surface area contributed by atoms with E-state index in [1.54, 1.807) is 30.3 Å². The number of methoxy groups -OCH3 is 2. The normalized spacial score (nSPS) is 12.5. The van der Waals surface area contributed by atoms with E-state index in [2.05, 4.69) is 18.6 Å². The summed E-state index contributed by atoms with van der Waals surface area (Å²) in [6.07, 6.45) is 1.01. The van der Waals surface area contributed by atoms with E-state index < -0.39 is 10.0 Å². The smallest absolute Gasteiger partial charge is 0.261 e. The maximum atomic E-state index is 12.6. The fraction of sp³-hybridized carbons (Fsp3) is 0.333. The molecule has 0 spiro atoms. The summed E-state index contributed by atoms with van der Waals surface area (Å²) in [7, 11) is -0.644. The average Bonchev–Trinajstić information content (AvgIpc) is 2.60.